The van der Waals surface area contributed by atoms with Gasteiger partial charge in [0, 0.05) is 5.57 Å². The van der Waals surface area contributed by atoms with Crippen LogP contribution in [0.1, 0.15) is 39.5 Å². The predicted molar refractivity (Wildman–Crippen MR) is 59.1 cm³/mol. The second-order valence-corrected chi connectivity index (χ2v) is 3.13. The Morgan fingerprint density at radius 1 is 1.50 bits per heavy atom. The Morgan fingerprint density at radius 2 is 2.21 bits per heavy atom. The summed E-state index contributed by atoms with van der Waals surface area (Å²) in [6, 6.07) is 0. The van der Waals surface area contributed by atoms with Crippen molar-refractivity contribution in [1.29, 1.82) is 0 Å². The molecule has 0 saturated carbocycles. The van der Waals surface area contributed by atoms with Gasteiger partial charge >= 0.3 is 5.97 Å². The van der Waals surface area contributed by atoms with Gasteiger partial charge in [-0.3, -0.25) is 0 Å². The summed E-state index contributed by atoms with van der Waals surface area (Å²) in [4.78, 5) is 11.4. The highest BCUT2D eigenvalue weighted by molar-refractivity contribution is 5.88. The fourth-order valence-electron chi connectivity index (χ4n) is 1.02. The van der Waals surface area contributed by atoms with Crippen LogP contribution in [0.25, 0.3) is 0 Å². The normalized spacial score (nSPS) is 11.1. The molecule has 0 aromatic rings. The van der Waals surface area contributed by atoms with Crippen LogP contribution in [0, 0.1) is 0 Å². The molecule has 0 atom stereocenters. The summed E-state index contributed by atoms with van der Waals surface area (Å²) in [5, 5.41) is 0. The third-order valence-corrected chi connectivity index (χ3v) is 1.96. The maximum Gasteiger partial charge on any atom is 0.333 e. The van der Waals surface area contributed by atoms with Crippen LogP contribution in [0.4, 0.5) is 0 Å². The van der Waals surface area contributed by atoms with Gasteiger partial charge in [-0.2, -0.15) is 0 Å². The molecule has 0 saturated heterocycles. The Hall–Kier alpha value is -1.05. The average Bonchev–Trinajstić information content (AvgIpc) is 2.19. The second-order valence-electron chi connectivity index (χ2n) is 3.13. The third kappa shape index (κ3) is 5.57. The lowest BCUT2D eigenvalue weighted by atomic mass is 10.1. The quantitative estimate of drug-likeness (QED) is 0.270. The second kappa shape index (κ2) is 8.54. The molecule has 0 rings (SSSR count). The summed E-state index contributed by atoms with van der Waals surface area (Å²) in [5.41, 5.74) is 0.751. The van der Waals surface area contributed by atoms with E-state index in [-0.39, 0.29) is 5.97 Å². The first kappa shape index (κ1) is 12.9. The van der Waals surface area contributed by atoms with Gasteiger partial charge < -0.3 is 4.74 Å². The van der Waals surface area contributed by atoms with Crippen LogP contribution in [0.15, 0.2) is 24.3 Å². The molecule has 0 aliphatic rings. The molecule has 14 heavy (non-hydrogen) atoms. The largest absolute Gasteiger partial charge is 0.462 e. The molecule has 80 valence electrons. The van der Waals surface area contributed by atoms with Crippen LogP contribution >= 0.6 is 0 Å². The van der Waals surface area contributed by atoms with Crippen molar-refractivity contribution in [1.82, 2.24) is 0 Å². The summed E-state index contributed by atoms with van der Waals surface area (Å²) < 4.78 is 5.09. The molecule has 0 aliphatic heterocycles. The Balaban J connectivity index is 3.86. The van der Waals surface area contributed by atoms with Crippen LogP contribution in [-0.4, -0.2) is 12.6 Å². The number of esters is 1. The molecule has 0 aromatic heterocycles. The van der Waals surface area contributed by atoms with E-state index in [1.165, 1.54) is 0 Å². The fourth-order valence-corrected chi connectivity index (χ4v) is 1.02. The van der Waals surface area contributed by atoms with Gasteiger partial charge in [-0.1, -0.05) is 25.5 Å². The number of unbranched alkanes of at least 4 members (excludes halogenated alkanes) is 1. The molecule has 0 fully saturated rings. The Labute approximate surface area is 86.6 Å². The summed E-state index contributed by atoms with van der Waals surface area (Å²) in [6.07, 6.45) is 7.16. The van der Waals surface area contributed by atoms with E-state index in [1.54, 1.807) is 0 Å². The highest BCUT2D eigenvalue weighted by Crippen LogP contribution is 2.08. The van der Waals surface area contributed by atoms with E-state index < -0.39 is 0 Å². The number of hydrogen-bond donors (Lipinski definition) is 0. The summed E-state index contributed by atoms with van der Waals surface area (Å²) in [6.45, 7) is 8.08. The van der Waals surface area contributed by atoms with Crippen LogP contribution in [0.5, 0.6) is 0 Å². The molecule has 0 radical (unpaired) electrons. The molecule has 0 bridgehead atoms. The smallest absolute Gasteiger partial charge is 0.333 e. The maximum absolute atomic E-state index is 11.4. The number of carbonyl (C=O) groups excluding carboxylic acids is 1. The lowest BCUT2D eigenvalue weighted by Crippen LogP contribution is -2.08. The zero-order chi connectivity index (χ0) is 10.8. The van der Waals surface area contributed by atoms with Gasteiger partial charge in [0.2, 0.25) is 0 Å². The molecular weight excluding hydrogens is 176 g/mol. The van der Waals surface area contributed by atoms with Crippen molar-refractivity contribution in [3.8, 4) is 0 Å². The summed E-state index contributed by atoms with van der Waals surface area (Å²) in [7, 11) is 0. The van der Waals surface area contributed by atoms with Crippen molar-refractivity contribution in [2.45, 2.75) is 39.5 Å². The number of hydrogen-bond acceptors (Lipinski definition) is 2. The number of rotatable bonds is 7. The van der Waals surface area contributed by atoms with Gasteiger partial charge in [-0.25, -0.2) is 4.79 Å². The molecule has 0 aliphatic carbocycles. The van der Waals surface area contributed by atoms with Crippen molar-refractivity contribution in [3.05, 3.63) is 24.3 Å². The Bertz CT molecular complexity index is 204. The highest BCUT2D eigenvalue weighted by atomic mass is 16.5. The SMILES string of the molecule is C=CCC/C(=C\C)C(=O)OCCCC. The number of ether oxygens (including phenoxy) is 1. The monoisotopic (exact) mass is 196 g/mol. The van der Waals surface area contributed by atoms with E-state index in [0.29, 0.717) is 6.61 Å². The molecular formula is C12H20O2. The van der Waals surface area contributed by atoms with Crippen molar-refractivity contribution in [2.24, 2.45) is 0 Å². The van der Waals surface area contributed by atoms with E-state index in [1.807, 2.05) is 19.1 Å². The van der Waals surface area contributed by atoms with Gasteiger partial charge in [0.05, 0.1) is 6.61 Å². The highest BCUT2D eigenvalue weighted by Gasteiger charge is 2.08. The van der Waals surface area contributed by atoms with Gasteiger partial charge in [0.15, 0.2) is 0 Å². The molecule has 2 nitrogen and oxygen atoms in total. The van der Waals surface area contributed by atoms with E-state index in [4.69, 9.17) is 4.74 Å². The van der Waals surface area contributed by atoms with E-state index >= 15 is 0 Å². The first-order valence-electron chi connectivity index (χ1n) is 5.19. The molecule has 0 spiro atoms. The Kier molecular flexibility index (Phi) is 7.90. The molecule has 0 amide bonds. The zero-order valence-electron chi connectivity index (χ0n) is 9.21. The predicted octanol–water partition coefficient (Wildman–Crippen LogP) is 3.24. The van der Waals surface area contributed by atoms with Crippen LogP contribution in [0.2, 0.25) is 0 Å². The standard InChI is InChI=1S/C12H20O2/c1-4-7-9-11(6-3)12(13)14-10-8-5-2/h4,6H,1,5,7-10H2,2-3H3/b11-6+. The molecule has 0 N–H and O–H groups in total. The minimum absolute atomic E-state index is 0.178. The van der Waals surface area contributed by atoms with Crippen molar-refractivity contribution < 1.29 is 9.53 Å². The van der Waals surface area contributed by atoms with Crippen molar-refractivity contribution in [3.63, 3.8) is 0 Å². The summed E-state index contributed by atoms with van der Waals surface area (Å²) in [5.74, 6) is -0.178. The average molecular weight is 196 g/mol. The lowest BCUT2D eigenvalue weighted by Gasteiger charge is -2.06. The third-order valence-electron chi connectivity index (χ3n) is 1.96. The maximum atomic E-state index is 11.4. The van der Waals surface area contributed by atoms with Crippen LogP contribution < -0.4 is 0 Å². The van der Waals surface area contributed by atoms with E-state index in [2.05, 4.69) is 13.5 Å². The van der Waals surface area contributed by atoms with E-state index in [0.717, 1.165) is 31.3 Å². The topological polar surface area (TPSA) is 26.3 Å². The number of allylic oxidation sites excluding steroid dienone is 2. The van der Waals surface area contributed by atoms with Crippen LogP contribution in [-0.2, 0) is 9.53 Å². The van der Waals surface area contributed by atoms with Gasteiger partial charge in [-0.05, 0) is 26.2 Å². The van der Waals surface area contributed by atoms with Gasteiger partial charge in [0.1, 0.15) is 0 Å². The summed E-state index contributed by atoms with van der Waals surface area (Å²) >= 11 is 0. The number of carbonyl (C=O) groups is 1. The first-order chi connectivity index (χ1) is 6.76. The van der Waals surface area contributed by atoms with Gasteiger partial charge in [0.25, 0.3) is 0 Å². The Morgan fingerprint density at radius 3 is 2.71 bits per heavy atom. The molecule has 2 heteroatoms. The molecule has 0 unspecified atom stereocenters. The fraction of sp³-hybridized carbons (Fsp3) is 0.583. The van der Waals surface area contributed by atoms with Crippen molar-refractivity contribution >= 4 is 5.97 Å². The van der Waals surface area contributed by atoms with Crippen molar-refractivity contribution in [2.75, 3.05) is 6.61 Å². The first-order valence-corrected chi connectivity index (χ1v) is 5.19. The van der Waals surface area contributed by atoms with Gasteiger partial charge in [-0.15, -0.1) is 6.58 Å². The zero-order valence-corrected chi connectivity index (χ0v) is 9.21. The molecule has 0 aromatic carbocycles. The van der Waals surface area contributed by atoms with E-state index in [9.17, 15) is 4.79 Å². The molecule has 0 heterocycles. The minimum Gasteiger partial charge on any atom is -0.462 e. The van der Waals surface area contributed by atoms with Crippen LogP contribution in [0.3, 0.4) is 0 Å². The minimum atomic E-state index is -0.178. The lowest BCUT2D eigenvalue weighted by molar-refractivity contribution is -0.139.